The van der Waals surface area contributed by atoms with Crippen molar-refractivity contribution in [3.8, 4) is 0 Å². The molecule has 1 atom stereocenters. The Morgan fingerprint density at radius 2 is 1.83 bits per heavy atom. The summed E-state index contributed by atoms with van der Waals surface area (Å²) in [6.07, 6.45) is -4.47. The minimum absolute atomic E-state index is 0.0336. The van der Waals surface area contributed by atoms with Gasteiger partial charge in [0.2, 0.25) is 11.8 Å². The quantitative estimate of drug-likeness (QED) is 0.783. The molecule has 1 unspecified atom stereocenters. The predicted molar refractivity (Wildman–Crippen MR) is 106 cm³/mol. The highest BCUT2D eigenvalue weighted by Crippen LogP contribution is 2.29. The summed E-state index contributed by atoms with van der Waals surface area (Å²) in [5.74, 6) is -0.509. The van der Waals surface area contributed by atoms with E-state index >= 15 is 0 Å². The molecule has 2 aromatic rings. The van der Waals surface area contributed by atoms with Crippen molar-refractivity contribution < 1.29 is 22.8 Å². The van der Waals surface area contributed by atoms with Crippen LogP contribution in [0.4, 0.5) is 13.2 Å². The minimum atomic E-state index is -4.43. The van der Waals surface area contributed by atoms with E-state index in [4.69, 9.17) is 0 Å². The average molecular weight is 419 g/mol. The van der Waals surface area contributed by atoms with Gasteiger partial charge in [-0.15, -0.1) is 0 Å². The fourth-order valence-corrected chi connectivity index (χ4v) is 3.52. The first-order valence-electron chi connectivity index (χ1n) is 9.70. The van der Waals surface area contributed by atoms with Gasteiger partial charge in [-0.2, -0.15) is 13.2 Å². The summed E-state index contributed by atoms with van der Waals surface area (Å²) >= 11 is 0. The molecule has 1 heterocycles. The third-order valence-corrected chi connectivity index (χ3v) is 5.14. The molecule has 160 valence electrons. The molecule has 1 N–H and O–H groups in total. The molecule has 5 nitrogen and oxygen atoms in total. The molecule has 0 radical (unpaired) electrons. The van der Waals surface area contributed by atoms with Crippen LogP contribution < -0.4 is 5.32 Å². The lowest BCUT2D eigenvalue weighted by molar-refractivity contribution is -0.138. The maximum Gasteiger partial charge on any atom is 0.416 e. The Hall–Kier alpha value is -2.87. The molecule has 1 fully saturated rings. The molecule has 0 spiro atoms. The molecule has 0 aromatic heterocycles. The largest absolute Gasteiger partial charge is 0.416 e. The summed E-state index contributed by atoms with van der Waals surface area (Å²) in [5.41, 5.74) is 0.679. The molecular formula is C22H24F3N3O2. The van der Waals surface area contributed by atoms with Crippen molar-refractivity contribution in [2.75, 3.05) is 20.1 Å². The second kappa shape index (κ2) is 9.30. The van der Waals surface area contributed by atoms with Gasteiger partial charge in [-0.05, 0) is 23.3 Å². The highest BCUT2D eigenvalue weighted by molar-refractivity contribution is 5.88. The molecular weight excluding hydrogens is 395 g/mol. The molecule has 1 aliphatic heterocycles. The van der Waals surface area contributed by atoms with E-state index in [1.54, 1.807) is 6.07 Å². The van der Waals surface area contributed by atoms with Crippen LogP contribution in [0.25, 0.3) is 0 Å². The maximum absolute atomic E-state index is 12.9. The minimum Gasteiger partial charge on any atom is -0.353 e. The highest BCUT2D eigenvalue weighted by Gasteiger charge is 2.33. The SMILES string of the molecule is CN(Cc1cccc(C(F)(F)F)c1)C(=O)CC1C(=O)NCCN1Cc1ccccc1. The van der Waals surface area contributed by atoms with Crippen LogP contribution in [0.5, 0.6) is 0 Å². The lowest BCUT2D eigenvalue weighted by atomic mass is 10.1. The number of hydrogen-bond donors (Lipinski definition) is 1. The monoisotopic (exact) mass is 419 g/mol. The molecule has 0 saturated carbocycles. The van der Waals surface area contributed by atoms with E-state index in [0.29, 0.717) is 25.2 Å². The highest BCUT2D eigenvalue weighted by atomic mass is 19.4. The van der Waals surface area contributed by atoms with Crippen LogP contribution in [0.1, 0.15) is 23.1 Å². The molecule has 8 heteroatoms. The van der Waals surface area contributed by atoms with E-state index in [2.05, 4.69) is 5.32 Å². The Balaban J connectivity index is 1.66. The smallest absolute Gasteiger partial charge is 0.353 e. The Bertz CT molecular complexity index is 887. The fraction of sp³-hybridized carbons (Fsp3) is 0.364. The predicted octanol–water partition coefficient (Wildman–Crippen LogP) is 3.05. The lowest BCUT2D eigenvalue weighted by Gasteiger charge is -2.35. The van der Waals surface area contributed by atoms with Crippen molar-refractivity contribution >= 4 is 11.8 Å². The Morgan fingerprint density at radius 1 is 1.13 bits per heavy atom. The van der Waals surface area contributed by atoms with Crippen LogP contribution in [-0.2, 0) is 28.9 Å². The summed E-state index contributed by atoms with van der Waals surface area (Å²) in [4.78, 5) is 28.5. The summed E-state index contributed by atoms with van der Waals surface area (Å²) in [6.45, 7) is 1.71. The number of hydrogen-bond acceptors (Lipinski definition) is 3. The third-order valence-electron chi connectivity index (χ3n) is 5.14. The van der Waals surface area contributed by atoms with Crippen molar-refractivity contribution in [3.05, 3.63) is 71.3 Å². The Kier molecular flexibility index (Phi) is 6.77. The number of halogens is 3. The number of nitrogens with zero attached hydrogens (tertiary/aromatic N) is 2. The standard InChI is InChI=1S/C22H24F3N3O2/c1-27(14-17-8-5-9-18(12-17)22(23,24)25)20(29)13-19-21(30)26-10-11-28(19)15-16-6-3-2-4-7-16/h2-9,12,19H,10-11,13-15H2,1H3,(H,26,30). The van der Waals surface area contributed by atoms with Crippen LogP contribution in [0.15, 0.2) is 54.6 Å². The summed E-state index contributed by atoms with van der Waals surface area (Å²) in [5, 5.41) is 2.79. The number of carbonyl (C=O) groups is 2. The number of carbonyl (C=O) groups excluding carboxylic acids is 2. The third kappa shape index (κ3) is 5.60. The average Bonchev–Trinajstić information content (AvgIpc) is 2.71. The number of alkyl halides is 3. The molecule has 1 aliphatic rings. The first kappa shape index (κ1) is 21.8. The molecule has 2 amide bonds. The van der Waals surface area contributed by atoms with Crippen molar-refractivity contribution in [1.82, 2.24) is 15.1 Å². The van der Waals surface area contributed by atoms with Crippen LogP contribution in [-0.4, -0.2) is 47.8 Å². The second-order valence-electron chi connectivity index (χ2n) is 7.41. The Labute approximate surface area is 173 Å². The first-order chi connectivity index (χ1) is 14.2. The fourth-order valence-electron chi connectivity index (χ4n) is 3.52. The Morgan fingerprint density at radius 3 is 2.53 bits per heavy atom. The van der Waals surface area contributed by atoms with Crippen LogP contribution in [0.2, 0.25) is 0 Å². The van der Waals surface area contributed by atoms with Gasteiger partial charge in [0.05, 0.1) is 18.0 Å². The number of benzene rings is 2. The maximum atomic E-state index is 12.9. The number of amides is 2. The van der Waals surface area contributed by atoms with Crippen molar-refractivity contribution in [1.29, 1.82) is 0 Å². The summed E-state index contributed by atoms with van der Waals surface area (Å²) < 4.78 is 38.7. The van der Waals surface area contributed by atoms with Gasteiger partial charge in [0.15, 0.2) is 0 Å². The van der Waals surface area contributed by atoms with E-state index in [9.17, 15) is 22.8 Å². The van der Waals surface area contributed by atoms with E-state index in [1.165, 1.54) is 18.0 Å². The normalized spacial score (nSPS) is 17.5. The summed E-state index contributed by atoms with van der Waals surface area (Å²) in [7, 11) is 1.53. The van der Waals surface area contributed by atoms with Crippen molar-refractivity contribution in [2.24, 2.45) is 0 Å². The molecule has 3 rings (SSSR count). The molecule has 0 aliphatic carbocycles. The van der Waals surface area contributed by atoms with E-state index < -0.39 is 17.8 Å². The topological polar surface area (TPSA) is 52.7 Å². The first-order valence-corrected chi connectivity index (χ1v) is 9.70. The number of piperazine rings is 1. The summed E-state index contributed by atoms with van der Waals surface area (Å²) in [6, 6.07) is 14.0. The zero-order valence-electron chi connectivity index (χ0n) is 16.7. The van der Waals surface area contributed by atoms with Gasteiger partial charge >= 0.3 is 6.18 Å². The van der Waals surface area contributed by atoms with Gasteiger partial charge in [-0.3, -0.25) is 14.5 Å². The molecule has 30 heavy (non-hydrogen) atoms. The van der Waals surface area contributed by atoms with E-state index in [0.717, 1.165) is 17.7 Å². The van der Waals surface area contributed by atoms with Crippen LogP contribution in [0, 0.1) is 0 Å². The van der Waals surface area contributed by atoms with E-state index in [1.807, 2.05) is 35.2 Å². The van der Waals surface area contributed by atoms with Gasteiger partial charge in [0.1, 0.15) is 0 Å². The zero-order valence-corrected chi connectivity index (χ0v) is 16.7. The van der Waals surface area contributed by atoms with Gasteiger partial charge in [0, 0.05) is 33.2 Å². The van der Waals surface area contributed by atoms with E-state index in [-0.39, 0.29) is 24.8 Å². The molecule has 2 aromatic carbocycles. The number of rotatable bonds is 6. The van der Waals surface area contributed by atoms with Gasteiger partial charge in [-0.25, -0.2) is 0 Å². The second-order valence-corrected chi connectivity index (χ2v) is 7.41. The van der Waals surface area contributed by atoms with Crippen LogP contribution in [0.3, 0.4) is 0 Å². The molecule has 1 saturated heterocycles. The molecule has 0 bridgehead atoms. The van der Waals surface area contributed by atoms with Crippen LogP contribution >= 0.6 is 0 Å². The van der Waals surface area contributed by atoms with Gasteiger partial charge in [0.25, 0.3) is 0 Å². The van der Waals surface area contributed by atoms with Crippen molar-refractivity contribution in [3.63, 3.8) is 0 Å². The van der Waals surface area contributed by atoms with Gasteiger partial charge < -0.3 is 10.2 Å². The number of nitrogens with one attached hydrogen (secondary N) is 1. The lowest BCUT2D eigenvalue weighted by Crippen LogP contribution is -2.56. The van der Waals surface area contributed by atoms with Crippen molar-refractivity contribution in [2.45, 2.75) is 31.7 Å². The zero-order chi connectivity index (χ0) is 21.7. The van der Waals surface area contributed by atoms with Gasteiger partial charge in [-0.1, -0.05) is 42.5 Å².